The Bertz CT molecular complexity index is 1260. The molecule has 0 radical (unpaired) electrons. The number of carbonyl (C=O) groups is 2. The van der Waals surface area contributed by atoms with Crippen molar-refractivity contribution in [2.75, 3.05) is 24.7 Å². The average molecular weight is 573 g/mol. The third kappa shape index (κ3) is 9.54. The molecule has 7 heteroatoms. The monoisotopic (exact) mass is 572 g/mol. The van der Waals surface area contributed by atoms with Gasteiger partial charge in [0, 0.05) is 11.4 Å². The van der Waals surface area contributed by atoms with Crippen LogP contribution in [0.1, 0.15) is 103 Å². The Kier molecular flexibility index (Phi) is 11.7. The molecule has 4 N–H and O–H groups in total. The topological polar surface area (TPSA) is 114 Å². The first-order valence-corrected chi connectivity index (χ1v) is 15.3. The van der Waals surface area contributed by atoms with Crippen molar-refractivity contribution in [2.24, 2.45) is 5.92 Å². The standard InChI is InChI=1S/C35H44N2O5/c1-2-3-4-7-25-8-10-26(11-9-25)27-12-18-33(19-13-27)42-35(39)28-14-16-32(17-15-28)40-20-5-6-21-41-34(38)29-22-30(36)24-31(37)23-29/h12-19,22-26H,2-11,20-21,36-37H2,1H3. The van der Waals surface area contributed by atoms with Crippen molar-refractivity contribution in [1.29, 1.82) is 0 Å². The molecule has 1 saturated carbocycles. The molecule has 224 valence electrons. The Hall–Kier alpha value is -4.00. The van der Waals surface area contributed by atoms with Crippen LogP contribution in [0.5, 0.6) is 11.5 Å². The van der Waals surface area contributed by atoms with E-state index in [0.717, 1.165) is 5.92 Å². The van der Waals surface area contributed by atoms with Crippen LogP contribution in [0.3, 0.4) is 0 Å². The Labute approximate surface area is 249 Å². The van der Waals surface area contributed by atoms with Crippen LogP contribution in [0.4, 0.5) is 11.4 Å². The number of esters is 2. The molecule has 0 aromatic heterocycles. The lowest BCUT2D eigenvalue weighted by Gasteiger charge is -2.29. The van der Waals surface area contributed by atoms with Gasteiger partial charge in [0.15, 0.2) is 0 Å². The normalized spacial score (nSPS) is 16.5. The van der Waals surface area contributed by atoms with E-state index in [1.54, 1.807) is 42.5 Å². The second-order valence-electron chi connectivity index (χ2n) is 11.3. The predicted molar refractivity (Wildman–Crippen MR) is 167 cm³/mol. The second-order valence-corrected chi connectivity index (χ2v) is 11.3. The van der Waals surface area contributed by atoms with Gasteiger partial charge in [0.1, 0.15) is 11.5 Å². The number of benzene rings is 3. The molecule has 1 fully saturated rings. The Morgan fingerprint density at radius 1 is 0.714 bits per heavy atom. The maximum Gasteiger partial charge on any atom is 0.343 e. The quantitative estimate of drug-likeness (QED) is 0.0872. The number of hydrogen-bond acceptors (Lipinski definition) is 7. The molecule has 0 unspecified atom stereocenters. The highest BCUT2D eigenvalue weighted by Crippen LogP contribution is 2.38. The zero-order valence-electron chi connectivity index (χ0n) is 24.7. The van der Waals surface area contributed by atoms with Crippen LogP contribution < -0.4 is 20.9 Å². The summed E-state index contributed by atoms with van der Waals surface area (Å²) in [4.78, 5) is 24.8. The number of rotatable bonds is 14. The Morgan fingerprint density at radius 3 is 2.02 bits per heavy atom. The molecular formula is C35H44N2O5. The number of unbranched alkanes of at least 4 members (excludes halogenated alkanes) is 3. The first-order valence-electron chi connectivity index (χ1n) is 15.3. The van der Waals surface area contributed by atoms with E-state index in [1.807, 2.05) is 12.1 Å². The molecule has 7 nitrogen and oxygen atoms in total. The van der Waals surface area contributed by atoms with E-state index >= 15 is 0 Å². The fraction of sp³-hybridized carbons (Fsp3) is 0.429. The SMILES string of the molecule is CCCCCC1CCC(c2ccc(OC(=O)c3ccc(OCCCCOC(=O)c4cc(N)cc(N)c4)cc3)cc2)CC1. The summed E-state index contributed by atoms with van der Waals surface area (Å²) in [5.41, 5.74) is 14.4. The fourth-order valence-electron chi connectivity index (χ4n) is 5.57. The van der Waals surface area contributed by atoms with Gasteiger partial charge in [0.2, 0.25) is 0 Å². The number of nitrogen functional groups attached to an aromatic ring is 2. The minimum absolute atomic E-state index is 0.267. The van der Waals surface area contributed by atoms with E-state index < -0.39 is 11.9 Å². The molecule has 3 aromatic carbocycles. The third-order valence-corrected chi connectivity index (χ3v) is 7.97. The van der Waals surface area contributed by atoms with Crippen LogP contribution in [0.25, 0.3) is 0 Å². The smallest absolute Gasteiger partial charge is 0.343 e. The van der Waals surface area contributed by atoms with Crippen LogP contribution in [0, 0.1) is 5.92 Å². The van der Waals surface area contributed by atoms with Crippen molar-refractivity contribution in [2.45, 2.75) is 77.0 Å². The first kappa shape index (κ1) is 30.9. The summed E-state index contributed by atoms with van der Waals surface area (Å²) in [6.07, 6.45) is 11.9. The molecule has 0 atom stereocenters. The van der Waals surface area contributed by atoms with Crippen LogP contribution in [-0.4, -0.2) is 25.2 Å². The molecule has 0 saturated heterocycles. The van der Waals surface area contributed by atoms with Crippen molar-refractivity contribution < 1.29 is 23.8 Å². The Balaban J connectivity index is 1.13. The van der Waals surface area contributed by atoms with Gasteiger partial charge in [-0.2, -0.15) is 0 Å². The van der Waals surface area contributed by atoms with E-state index in [-0.39, 0.29) is 6.61 Å². The summed E-state index contributed by atoms with van der Waals surface area (Å²) in [6.45, 7) is 2.99. The average Bonchev–Trinajstić information content (AvgIpc) is 2.99. The van der Waals surface area contributed by atoms with Gasteiger partial charge in [-0.15, -0.1) is 0 Å². The minimum atomic E-state index is -0.455. The summed E-state index contributed by atoms with van der Waals surface area (Å²) >= 11 is 0. The molecule has 0 aliphatic heterocycles. The highest BCUT2D eigenvalue weighted by atomic mass is 16.5. The lowest BCUT2D eigenvalue weighted by atomic mass is 9.77. The number of anilines is 2. The van der Waals surface area contributed by atoms with Gasteiger partial charge in [-0.25, -0.2) is 9.59 Å². The van der Waals surface area contributed by atoms with Crippen molar-refractivity contribution in [1.82, 2.24) is 0 Å². The molecule has 1 aliphatic carbocycles. The lowest BCUT2D eigenvalue weighted by Crippen LogP contribution is -2.13. The molecule has 0 heterocycles. The minimum Gasteiger partial charge on any atom is -0.494 e. The van der Waals surface area contributed by atoms with Crippen molar-refractivity contribution in [3.05, 3.63) is 83.4 Å². The predicted octanol–water partition coefficient (Wildman–Crippen LogP) is 7.94. The van der Waals surface area contributed by atoms with E-state index in [9.17, 15) is 9.59 Å². The molecule has 0 spiro atoms. The van der Waals surface area contributed by atoms with Gasteiger partial charge in [-0.3, -0.25) is 0 Å². The van der Waals surface area contributed by atoms with Crippen molar-refractivity contribution >= 4 is 23.3 Å². The van der Waals surface area contributed by atoms with Crippen molar-refractivity contribution in [3.8, 4) is 11.5 Å². The van der Waals surface area contributed by atoms with E-state index in [2.05, 4.69) is 19.1 Å². The van der Waals surface area contributed by atoms with Crippen LogP contribution in [0.2, 0.25) is 0 Å². The second kappa shape index (κ2) is 15.9. The van der Waals surface area contributed by atoms with Crippen LogP contribution in [0.15, 0.2) is 66.7 Å². The van der Waals surface area contributed by atoms with E-state index in [0.29, 0.717) is 59.4 Å². The number of hydrogen-bond donors (Lipinski definition) is 2. The molecule has 42 heavy (non-hydrogen) atoms. The summed E-state index contributed by atoms with van der Waals surface area (Å²) in [6, 6.07) is 19.6. The zero-order valence-corrected chi connectivity index (χ0v) is 24.7. The van der Waals surface area contributed by atoms with Crippen molar-refractivity contribution in [3.63, 3.8) is 0 Å². The highest BCUT2D eigenvalue weighted by molar-refractivity contribution is 5.92. The molecule has 4 rings (SSSR count). The van der Waals surface area contributed by atoms with E-state index in [1.165, 1.54) is 56.9 Å². The molecular weight excluding hydrogens is 528 g/mol. The fourth-order valence-corrected chi connectivity index (χ4v) is 5.57. The van der Waals surface area contributed by atoms with Gasteiger partial charge in [-0.1, -0.05) is 44.7 Å². The molecule has 3 aromatic rings. The summed E-state index contributed by atoms with van der Waals surface area (Å²) in [5.74, 6) is 1.85. The highest BCUT2D eigenvalue weighted by Gasteiger charge is 2.22. The molecule has 0 bridgehead atoms. The number of carbonyl (C=O) groups excluding carboxylic acids is 2. The van der Waals surface area contributed by atoms with Crippen LogP contribution in [-0.2, 0) is 4.74 Å². The summed E-state index contributed by atoms with van der Waals surface area (Å²) in [7, 11) is 0. The Morgan fingerprint density at radius 2 is 1.36 bits per heavy atom. The zero-order chi connectivity index (χ0) is 29.7. The van der Waals surface area contributed by atoms with Gasteiger partial charge < -0.3 is 25.7 Å². The first-order chi connectivity index (χ1) is 20.4. The molecule has 0 amide bonds. The van der Waals surface area contributed by atoms with Crippen LogP contribution >= 0.6 is 0 Å². The van der Waals surface area contributed by atoms with Gasteiger partial charge in [0.05, 0.1) is 24.3 Å². The maximum atomic E-state index is 12.7. The van der Waals surface area contributed by atoms with E-state index in [4.69, 9.17) is 25.7 Å². The maximum absolute atomic E-state index is 12.7. The number of nitrogens with two attached hydrogens (primary N) is 2. The van der Waals surface area contributed by atoms with Gasteiger partial charge in [-0.05, 0) is 111 Å². The third-order valence-electron chi connectivity index (χ3n) is 7.97. The largest absolute Gasteiger partial charge is 0.494 e. The molecule has 1 aliphatic rings. The summed E-state index contributed by atoms with van der Waals surface area (Å²) in [5, 5.41) is 0. The number of ether oxygens (including phenoxy) is 3. The summed E-state index contributed by atoms with van der Waals surface area (Å²) < 4.78 is 16.6. The lowest BCUT2D eigenvalue weighted by molar-refractivity contribution is 0.0493. The van der Waals surface area contributed by atoms with Gasteiger partial charge in [0.25, 0.3) is 0 Å². The van der Waals surface area contributed by atoms with Gasteiger partial charge >= 0.3 is 11.9 Å².